The van der Waals surface area contributed by atoms with Gasteiger partial charge in [-0.05, 0) is 24.1 Å². The number of methoxy groups -OCH3 is 1. The van der Waals surface area contributed by atoms with Crippen LogP contribution >= 0.6 is 0 Å². The highest BCUT2D eigenvalue weighted by atomic mass is 16.5. The molecule has 122 valence electrons. The first kappa shape index (κ1) is 18.2. The normalized spacial score (nSPS) is 10.8. The van der Waals surface area contributed by atoms with Crippen LogP contribution in [0.2, 0.25) is 0 Å². The molecule has 0 atom stereocenters. The van der Waals surface area contributed by atoms with E-state index < -0.39 is 0 Å². The molecular weight excluding hydrogens is 276 g/mol. The summed E-state index contributed by atoms with van der Waals surface area (Å²) in [4.78, 5) is 11.6. The number of rotatable bonds is 11. The highest BCUT2D eigenvalue weighted by molar-refractivity contribution is 5.82. The maximum absolute atomic E-state index is 11.6. The number of carbonyl (C=O) groups is 1. The van der Waals surface area contributed by atoms with Crippen molar-refractivity contribution in [2.24, 2.45) is 5.10 Å². The molecule has 0 saturated carbocycles. The van der Waals surface area contributed by atoms with Gasteiger partial charge >= 0.3 is 0 Å². The molecule has 4 nitrogen and oxygen atoms in total. The fourth-order valence-electron chi connectivity index (χ4n) is 2.20. The summed E-state index contributed by atoms with van der Waals surface area (Å²) < 4.78 is 5.13. The van der Waals surface area contributed by atoms with Crippen LogP contribution in [0.15, 0.2) is 29.4 Å². The highest BCUT2D eigenvalue weighted by Gasteiger charge is 1.99. The molecule has 0 aromatic heterocycles. The number of nitrogens with zero attached hydrogens (tertiary/aromatic N) is 1. The van der Waals surface area contributed by atoms with E-state index in [2.05, 4.69) is 17.5 Å². The summed E-state index contributed by atoms with van der Waals surface area (Å²) in [5.41, 5.74) is 3.47. The molecule has 0 heterocycles. The molecule has 0 fully saturated rings. The molecule has 22 heavy (non-hydrogen) atoms. The van der Waals surface area contributed by atoms with Crippen LogP contribution in [-0.4, -0.2) is 19.2 Å². The van der Waals surface area contributed by atoms with Gasteiger partial charge in [-0.2, -0.15) is 5.10 Å². The van der Waals surface area contributed by atoms with Crippen LogP contribution in [0.3, 0.4) is 0 Å². The molecule has 1 aromatic carbocycles. The summed E-state index contributed by atoms with van der Waals surface area (Å²) in [6.45, 7) is 2.22. The molecule has 1 amide bonds. The number of amides is 1. The number of unbranched alkanes of at least 4 members (excludes halogenated alkanes) is 6. The minimum absolute atomic E-state index is 0.0206. The molecule has 0 aliphatic carbocycles. The first-order valence-corrected chi connectivity index (χ1v) is 8.22. The first-order valence-electron chi connectivity index (χ1n) is 8.22. The summed E-state index contributed by atoms with van der Waals surface area (Å²) in [5.74, 6) is 0.756. The van der Waals surface area contributed by atoms with E-state index in [1.165, 1.54) is 32.1 Å². The average molecular weight is 304 g/mol. The smallest absolute Gasteiger partial charge is 0.240 e. The van der Waals surface area contributed by atoms with Crippen molar-refractivity contribution >= 4 is 12.1 Å². The first-order chi connectivity index (χ1) is 10.8. The van der Waals surface area contributed by atoms with Gasteiger partial charge in [0.15, 0.2) is 0 Å². The van der Waals surface area contributed by atoms with E-state index in [1.54, 1.807) is 13.3 Å². The van der Waals surface area contributed by atoms with E-state index in [4.69, 9.17) is 4.74 Å². The fourth-order valence-corrected chi connectivity index (χ4v) is 2.20. The fraction of sp³-hybridized carbons (Fsp3) is 0.556. The quantitative estimate of drug-likeness (QED) is 0.377. The van der Waals surface area contributed by atoms with Gasteiger partial charge in [0.05, 0.1) is 13.3 Å². The van der Waals surface area contributed by atoms with Crippen molar-refractivity contribution in [1.29, 1.82) is 0 Å². The van der Waals surface area contributed by atoms with Crippen molar-refractivity contribution in [3.8, 4) is 5.75 Å². The van der Waals surface area contributed by atoms with Gasteiger partial charge in [0.2, 0.25) is 5.91 Å². The summed E-state index contributed by atoms with van der Waals surface area (Å²) in [7, 11) is 1.63. The molecule has 0 radical (unpaired) electrons. The second kappa shape index (κ2) is 11.8. The predicted molar refractivity (Wildman–Crippen MR) is 91.3 cm³/mol. The van der Waals surface area contributed by atoms with E-state index in [9.17, 15) is 4.79 Å². The standard InChI is InChI=1S/C18H28N2O2/c1-3-4-5-6-7-8-9-13-18(21)20-19-15-16-11-10-12-17(14-16)22-2/h10-12,14-15H,3-9,13H2,1-2H3,(H,20,21). The van der Waals surface area contributed by atoms with Gasteiger partial charge in [-0.15, -0.1) is 0 Å². The largest absolute Gasteiger partial charge is 0.497 e. The van der Waals surface area contributed by atoms with E-state index in [-0.39, 0.29) is 5.91 Å². The lowest BCUT2D eigenvalue weighted by atomic mass is 10.1. The van der Waals surface area contributed by atoms with Crippen LogP contribution in [0.1, 0.15) is 63.9 Å². The van der Waals surface area contributed by atoms with Crippen LogP contribution in [-0.2, 0) is 4.79 Å². The Labute approximate surface area is 134 Å². The molecule has 0 spiro atoms. The van der Waals surface area contributed by atoms with E-state index in [1.807, 2.05) is 24.3 Å². The lowest BCUT2D eigenvalue weighted by Gasteiger charge is -2.02. The lowest BCUT2D eigenvalue weighted by molar-refractivity contribution is -0.121. The maximum atomic E-state index is 11.6. The van der Waals surface area contributed by atoms with Crippen LogP contribution < -0.4 is 10.2 Å². The number of benzene rings is 1. The Morgan fingerprint density at radius 1 is 1.18 bits per heavy atom. The minimum atomic E-state index is -0.0206. The average Bonchev–Trinajstić information content (AvgIpc) is 2.54. The van der Waals surface area contributed by atoms with Crippen LogP contribution in [0.5, 0.6) is 5.75 Å². The van der Waals surface area contributed by atoms with E-state index in [0.717, 1.165) is 24.2 Å². The predicted octanol–water partition coefficient (Wildman–Crippen LogP) is 4.29. The zero-order valence-corrected chi connectivity index (χ0v) is 13.8. The van der Waals surface area contributed by atoms with Crippen LogP contribution in [0, 0.1) is 0 Å². The van der Waals surface area contributed by atoms with Crippen LogP contribution in [0.25, 0.3) is 0 Å². The summed E-state index contributed by atoms with van der Waals surface area (Å²) >= 11 is 0. The number of ether oxygens (including phenoxy) is 1. The molecule has 0 bridgehead atoms. The van der Waals surface area contributed by atoms with Gasteiger partial charge in [-0.1, -0.05) is 57.6 Å². The maximum Gasteiger partial charge on any atom is 0.240 e. The van der Waals surface area contributed by atoms with E-state index in [0.29, 0.717) is 6.42 Å². The number of hydrazone groups is 1. The molecule has 0 aliphatic rings. The zero-order valence-electron chi connectivity index (χ0n) is 13.8. The molecular formula is C18H28N2O2. The molecule has 0 unspecified atom stereocenters. The monoisotopic (exact) mass is 304 g/mol. The second-order valence-electron chi connectivity index (χ2n) is 5.44. The summed E-state index contributed by atoms with van der Waals surface area (Å²) in [5, 5.41) is 3.98. The minimum Gasteiger partial charge on any atom is -0.497 e. The topological polar surface area (TPSA) is 50.7 Å². The van der Waals surface area contributed by atoms with Crippen LogP contribution in [0.4, 0.5) is 0 Å². The van der Waals surface area contributed by atoms with Crippen molar-refractivity contribution in [2.45, 2.75) is 58.3 Å². The van der Waals surface area contributed by atoms with Gasteiger partial charge in [0.25, 0.3) is 0 Å². The van der Waals surface area contributed by atoms with Gasteiger partial charge < -0.3 is 4.74 Å². The van der Waals surface area contributed by atoms with Crippen molar-refractivity contribution < 1.29 is 9.53 Å². The molecule has 1 rings (SSSR count). The van der Waals surface area contributed by atoms with E-state index >= 15 is 0 Å². The van der Waals surface area contributed by atoms with Crippen molar-refractivity contribution in [3.05, 3.63) is 29.8 Å². The SMILES string of the molecule is CCCCCCCCCC(=O)NN=Cc1cccc(OC)c1. The second-order valence-corrected chi connectivity index (χ2v) is 5.44. The Hall–Kier alpha value is -1.84. The zero-order chi connectivity index (χ0) is 16.0. The van der Waals surface area contributed by atoms with Crippen molar-refractivity contribution in [2.75, 3.05) is 7.11 Å². The molecule has 0 saturated heterocycles. The van der Waals surface area contributed by atoms with Crippen molar-refractivity contribution in [1.82, 2.24) is 5.43 Å². The van der Waals surface area contributed by atoms with Gasteiger partial charge in [0, 0.05) is 6.42 Å². The molecule has 1 N–H and O–H groups in total. The molecule has 1 aromatic rings. The van der Waals surface area contributed by atoms with Crippen molar-refractivity contribution in [3.63, 3.8) is 0 Å². The molecule has 0 aliphatic heterocycles. The third kappa shape index (κ3) is 8.45. The molecule has 4 heteroatoms. The summed E-state index contributed by atoms with van der Waals surface area (Å²) in [6, 6.07) is 7.54. The number of nitrogens with one attached hydrogen (secondary N) is 1. The lowest BCUT2D eigenvalue weighted by Crippen LogP contribution is -2.16. The van der Waals surface area contributed by atoms with Gasteiger partial charge in [-0.25, -0.2) is 5.43 Å². The summed E-state index contributed by atoms with van der Waals surface area (Å²) in [6.07, 6.45) is 10.6. The Morgan fingerprint density at radius 3 is 2.64 bits per heavy atom. The Bertz CT molecular complexity index is 458. The number of hydrogen-bond acceptors (Lipinski definition) is 3. The highest BCUT2D eigenvalue weighted by Crippen LogP contribution is 2.11. The number of hydrogen-bond donors (Lipinski definition) is 1. The number of carbonyl (C=O) groups excluding carboxylic acids is 1. The Kier molecular flexibility index (Phi) is 9.75. The Balaban J connectivity index is 2.13. The Morgan fingerprint density at radius 2 is 1.91 bits per heavy atom. The third-order valence-corrected chi connectivity index (χ3v) is 3.50. The van der Waals surface area contributed by atoms with Gasteiger partial charge in [-0.3, -0.25) is 4.79 Å². The third-order valence-electron chi connectivity index (χ3n) is 3.50. The van der Waals surface area contributed by atoms with Gasteiger partial charge in [0.1, 0.15) is 5.75 Å².